The van der Waals surface area contributed by atoms with E-state index in [9.17, 15) is 5.11 Å². The summed E-state index contributed by atoms with van der Waals surface area (Å²) in [5.41, 5.74) is 1.89. The first-order chi connectivity index (χ1) is 14.6. The predicted octanol–water partition coefficient (Wildman–Crippen LogP) is 2.68. The lowest BCUT2D eigenvalue weighted by atomic mass is 9.71. The number of ether oxygens (including phenoxy) is 1. The second-order valence-electron chi connectivity index (χ2n) is 10.1. The van der Waals surface area contributed by atoms with Gasteiger partial charge in [-0.15, -0.1) is 0 Å². The minimum Gasteiger partial charge on any atom is -0.497 e. The molecular weight excluding hydrogens is 371 g/mol. The third-order valence-corrected chi connectivity index (χ3v) is 8.09. The summed E-state index contributed by atoms with van der Waals surface area (Å²) in [7, 11) is 3.86. The van der Waals surface area contributed by atoms with Gasteiger partial charge in [0.15, 0.2) is 0 Å². The average molecular weight is 412 g/mol. The molecule has 5 heteroatoms. The Morgan fingerprint density at radius 2 is 1.70 bits per heavy atom. The standard InChI is InChI=1S/C25H41BN2O2/c1-30-24-9-8-20(18-23(24)26)22(25(29)12-4-2-5-13-25)19-27-16-10-21(11-17-27)28-14-6-3-7-15-28/h8-9,18,21-22,29H,2-7,10-17,19,26H2,1H3. The summed E-state index contributed by atoms with van der Waals surface area (Å²) in [4.78, 5) is 5.39. The van der Waals surface area contributed by atoms with Gasteiger partial charge in [0.25, 0.3) is 0 Å². The van der Waals surface area contributed by atoms with E-state index >= 15 is 0 Å². The van der Waals surface area contributed by atoms with Gasteiger partial charge in [-0.25, -0.2) is 0 Å². The Morgan fingerprint density at radius 1 is 1.03 bits per heavy atom. The third kappa shape index (κ3) is 5.06. The van der Waals surface area contributed by atoms with Crippen LogP contribution in [0.2, 0.25) is 0 Å². The highest BCUT2D eigenvalue weighted by molar-refractivity contribution is 6.34. The highest BCUT2D eigenvalue weighted by atomic mass is 16.5. The number of piperidine rings is 2. The van der Waals surface area contributed by atoms with Gasteiger partial charge in [-0.2, -0.15) is 0 Å². The smallest absolute Gasteiger partial charge is 0.144 e. The van der Waals surface area contributed by atoms with Gasteiger partial charge in [-0.1, -0.05) is 37.8 Å². The Morgan fingerprint density at radius 3 is 2.33 bits per heavy atom. The first-order valence-corrected chi connectivity index (χ1v) is 12.4. The number of rotatable bonds is 6. The van der Waals surface area contributed by atoms with E-state index in [4.69, 9.17) is 4.74 Å². The van der Waals surface area contributed by atoms with Crippen molar-refractivity contribution in [3.8, 4) is 5.75 Å². The van der Waals surface area contributed by atoms with Crippen molar-refractivity contribution in [3.05, 3.63) is 23.8 Å². The number of hydrogen-bond donors (Lipinski definition) is 1. The van der Waals surface area contributed by atoms with Crippen LogP contribution in [-0.4, -0.2) is 74.2 Å². The van der Waals surface area contributed by atoms with Gasteiger partial charge in [0.1, 0.15) is 13.6 Å². The number of benzene rings is 1. The van der Waals surface area contributed by atoms with Crippen molar-refractivity contribution in [2.75, 3.05) is 39.8 Å². The van der Waals surface area contributed by atoms with Crippen molar-refractivity contribution in [3.63, 3.8) is 0 Å². The first-order valence-electron chi connectivity index (χ1n) is 12.4. The van der Waals surface area contributed by atoms with Crippen LogP contribution < -0.4 is 10.2 Å². The molecular formula is C25H41BN2O2. The van der Waals surface area contributed by atoms with Crippen molar-refractivity contribution in [2.24, 2.45) is 0 Å². The molecule has 1 atom stereocenters. The van der Waals surface area contributed by atoms with Crippen LogP contribution in [0.3, 0.4) is 0 Å². The Balaban J connectivity index is 1.46. The Hall–Kier alpha value is -1.04. The first kappa shape index (κ1) is 22.2. The van der Waals surface area contributed by atoms with Crippen LogP contribution in [0, 0.1) is 0 Å². The molecule has 0 amide bonds. The van der Waals surface area contributed by atoms with Crippen molar-refractivity contribution < 1.29 is 9.84 Å². The molecule has 1 aromatic carbocycles. The molecule has 0 bridgehead atoms. The number of methoxy groups -OCH3 is 1. The lowest BCUT2D eigenvalue weighted by Gasteiger charge is -2.45. The number of hydrogen-bond acceptors (Lipinski definition) is 4. The molecule has 3 fully saturated rings. The minimum absolute atomic E-state index is 0.189. The summed E-state index contributed by atoms with van der Waals surface area (Å²) >= 11 is 0. The second-order valence-corrected chi connectivity index (χ2v) is 10.1. The van der Waals surface area contributed by atoms with Crippen molar-refractivity contribution in [1.82, 2.24) is 9.80 Å². The molecule has 4 rings (SSSR count). The van der Waals surface area contributed by atoms with E-state index in [1.165, 1.54) is 75.7 Å². The van der Waals surface area contributed by atoms with E-state index in [1.807, 2.05) is 0 Å². The van der Waals surface area contributed by atoms with Gasteiger partial charge in [-0.3, -0.25) is 0 Å². The second kappa shape index (κ2) is 10.1. The van der Waals surface area contributed by atoms with Crippen LogP contribution in [0.1, 0.15) is 75.7 Å². The summed E-state index contributed by atoms with van der Waals surface area (Å²) in [6, 6.07) is 7.33. The Bertz CT molecular complexity index is 678. The largest absolute Gasteiger partial charge is 0.497 e. The molecule has 1 unspecified atom stereocenters. The summed E-state index contributed by atoms with van der Waals surface area (Å²) in [6.07, 6.45) is 12.2. The van der Waals surface area contributed by atoms with Gasteiger partial charge in [0, 0.05) is 18.5 Å². The van der Waals surface area contributed by atoms with Gasteiger partial charge in [0.05, 0.1) is 12.7 Å². The van der Waals surface area contributed by atoms with Crippen molar-refractivity contribution in [2.45, 2.75) is 81.8 Å². The maximum atomic E-state index is 11.7. The van der Waals surface area contributed by atoms with E-state index in [0.717, 1.165) is 44.0 Å². The van der Waals surface area contributed by atoms with Crippen LogP contribution >= 0.6 is 0 Å². The molecule has 1 aliphatic carbocycles. The average Bonchev–Trinajstić information content (AvgIpc) is 2.79. The van der Waals surface area contributed by atoms with E-state index in [2.05, 4.69) is 35.8 Å². The van der Waals surface area contributed by atoms with Gasteiger partial charge in [0.2, 0.25) is 0 Å². The lowest BCUT2D eigenvalue weighted by Crippen LogP contribution is -2.50. The fourth-order valence-electron chi connectivity index (χ4n) is 6.23. The normalized spacial score (nSPS) is 25.1. The van der Waals surface area contributed by atoms with Gasteiger partial charge >= 0.3 is 0 Å². The molecule has 30 heavy (non-hydrogen) atoms. The molecule has 3 aliphatic rings. The van der Waals surface area contributed by atoms with Crippen molar-refractivity contribution in [1.29, 1.82) is 0 Å². The number of nitrogens with zero attached hydrogens (tertiary/aromatic N) is 2. The molecule has 0 spiro atoms. The molecule has 1 N–H and O–H groups in total. The number of likely N-dealkylation sites (tertiary alicyclic amines) is 2. The van der Waals surface area contributed by atoms with Crippen molar-refractivity contribution >= 4 is 13.3 Å². The Kier molecular flexibility index (Phi) is 7.43. The lowest BCUT2D eigenvalue weighted by molar-refractivity contribution is -0.0343. The zero-order valence-electron chi connectivity index (χ0n) is 19.2. The van der Waals surface area contributed by atoms with E-state index in [-0.39, 0.29) is 5.92 Å². The quantitative estimate of drug-likeness (QED) is 0.729. The molecule has 4 nitrogen and oxygen atoms in total. The van der Waals surface area contributed by atoms with Crippen LogP contribution in [0.5, 0.6) is 5.75 Å². The summed E-state index contributed by atoms with van der Waals surface area (Å²) in [6.45, 7) is 5.93. The summed E-state index contributed by atoms with van der Waals surface area (Å²) in [5.74, 6) is 1.13. The molecule has 2 saturated heterocycles. The maximum absolute atomic E-state index is 11.7. The zero-order valence-corrected chi connectivity index (χ0v) is 19.2. The molecule has 0 radical (unpaired) electrons. The minimum atomic E-state index is -0.566. The SMILES string of the molecule is Bc1cc(C(CN2CCC(N3CCCCC3)CC2)C2(O)CCCCC2)ccc1OC. The maximum Gasteiger partial charge on any atom is 0.144 e. The molecule has 166 valence electrons. The third-order valence-electron chi connectivity index (χ3n) is 8.09. The molecule has 1 saturated carbocycles. The molecule has 0 aromatic heterocycles. The van der Waals surface area contributed by atoms with Crippen LogP contribution in [0.4, 0.5) is 0 Å². The molecule has 1 aromatic rings. The summed E-state index contributed by atoms with van der Waals surface area (Å²) in [5, 5.41) is 11.7. The highest BCUT2D eigenvalue weighted by Crippen LogP contribution is 2.41. The Labute approximate surface area is 184 Å². The van der Waals surface area contributed by atoms with Crippen LogP contribution in [-0.2, 0) is 0 Å². The zero-order chi connectivity index (χ0) is 21.0. The monoisotopic (exact) mass is 412 g/mol. The van der Waals surface area contributed by atoms with Gasteiger partial charge < -0.3 is 19.6 Å². The number of aliphatic hydroxyl groups is 1. The van der Waals surface area contributed by atoms with E-state index < -0.39 is 5.60 Å². The fraction of sp³-hybridized carbons (Fsp3) is 0.760. The summed E-state index contributed by atoms with van der Waals surface area (Å²) < 4.78 is 5.49. The van der Waals surface area contributed by atoms with Crippen LogP contribution in [0.25, 0.3) is 0 Å². The van der Waals surface area contributed by atoms with E-state index in [0.29, 0.717) is 0 Å². The highest BCUT2D eigenvalue weighted by Gasteiger charge is 2.40. The predicted molar refractivity (Wildman–Crippen MR) is 127 cm³/mol. The topological polar surface area (TPSA) is 35.9 Å². The van der Waals surface area contributed by atoms with Crippen LogP contribution in [0.15, 0.2) is 18.2 Å². The molecule has 2 aliphatic heterocycles. The molecule has 2 heterocycles. The van der Waals surface area contributed by atoms with E-state index in [1.54, 1.807) is 7.11 Å². The van der Waals surface area contributed by atoms with Gasteiger partial charge in [-0.05, 0) is 81.8 Å². The fourth-order valence-corrected chi connectivity index (χ4v) is 6.23.